The van der Waals surface area contributed by atoms with Gasteiger partial charge in [-0.15, -0.1) is 0 Å². The van der Waals surface area contributed by atoms with Crippen LogP contribution in [0.5, 0.6) is 0 Å². The summed E-state index contributed by atoms with van der Waals surface area (Å²) in [5.41, 5.74) is 32.5. The van der Waals surface area contributed by atoms with Crippen molar-refractivity contribution < 1.29 is 0 Å². The van der Waals surface area contributed by atoms with E-state index in [0.29, 0.717) is 0 Å². The minimum absolute atomic E-state index is 1.07. The van der Waals surface area contributed by atoms with Crippen molar-refractivity contribution in [3.8, 4) is 89.0 Å². The Balaban J connectivity index is 0.000000575. The molecule has 0 bridgehead atoms. The molecule has 0 saturated carbocycles. The lowest BCUT2D eigenvalue weighted by molar-refractivity contribution is 0.922. The van der Waals surface area contributed by atoms with Crippen molar-refractivity contribution in [3.63, 3.8) is 0 Å². The van der Waals surface area contributed by atoms with E-state index in [1.807, 2.05) is 0 Å². The van der Waals surface area contributed by atoms with Crippen molar-refractivity contribution in [1.82, 2.24) is 0 Å². The highest BCUT2D eigenvalue weighted by Crippen LogP contribution is 2.47. The molecule has 2 nitrogen and oxygen atoms in total. The number of hydrogen-bond acceptors (Lipinski definition) is 2. The molecule has 0 radical (unpaired) electrons. The Kier molecular flexibility index (Phi) is 21.5. The molecular formula is C101H81Br3N2. The Morgan fingerprint density at radius 1 is 0.226 bits per heavy atom. The quantitative estimate of drug-likeness (QED) is 0.0845. The fourth-order valence-corrected chi connectivity index (χ4v) is 15.6. The van der Waals surface area contributed by atoms with E-state index in [1.54, 1.807) is 0 Å². The summed E-state index contributed by atoms with van der Waals surface area (Å²) in [6.45, 7) is 11.2. The Morgan fingerprint density at radius 3 is 0.679 bits per heavy atom. The first kappa shape index (κ1) is 70.7. The van der Waals surface area contributed by atoms with Crippen LogP contribution >= 0.6 is 47.8 Å². The summed E-state index contributed by atoms with van der Waals surface area (Å²) >= 11 is 10.7. The van der Waals surface area contributed by atoms with Crippen LogP contribution in [-0.4, -0.2) is 0 Å². The van der Waals surface area contributed by atoms with Crippen LogP contribution in [0.2, 0.25) is 0 Å². The molecule has 0 aliphatic rings. The highest BCUT2D eigenvalue weighted by Gasteiger charge is 2.22. The summed E-state index contributed by atoms with van der Waals surface area (Å²) in [4.78, 5) is 4.74. The first-order valence-electron chi connectivity index (χ1n) is 36.7. The molecule has 16 aromatic rings. The van der Waals surface area contributed by atoms with E-state index in [1.165, 1.54) is 138 Å². The largest absolute Gasteiger partial charge is 0.311 e. The molecule has 0 amide bonds. The van der Waals surface area contributed by atoms with Crippen LogP contribution in [0.1, 0.15) is 54.5 Å². The zero-order chi connectivity index (χ0) is 72.6. The molecule has 0 N–H and O–H groups in total. The number of rotatable bonds is 18. The molecule has 516 valence electrons. The maximum Gasteiger partial charge on any atom is 0.0462 e. The lowest BCUT2D eigenvalue weighted by atomic mass is 9.83. The van der Waals surface area contributed by atoms with E-state index in [-0.39, 0.29) is 0 Å². The van der Waals surface area contributed by atoms with Crippen LogP contribution in [0, 0.1) is 20.8 Å². The molecule has 0 aliphatic carbocycles. The molecule has 16 aromatic carbocycles. The average Bonchev–Trinajstić information content (AvgIpc) is 0.734. The number of anilines is 6. The van der Waals surface area contributed by atoms with E-state index >= 15 is 0 Å². The fraction of sp³-hybridized carbons (Fsp3) is 0.0891. The van der Waals surface area contributed by atoms with Crippen molar-refractivity contribution in [2.45, 2.75) is 60.3 Å². The number of halogens is 3. The van der Waals surface area contributed by atoms with Gasteiger partial charge in [0, 0.05) is 47.5 Å². The smallest absolute Gasteiger partial charge is 0.0462 e. The summed E-state index contributed by atoms with van der Waals surface area (Å²) in [5, 5.41) is 4.94. The lowest BCUT2D eigenvalue weighted by Crippen LogP contribution is -2.09. The predicted molar refractivity (Wildman–Crippen MR) is 466 cm³/mol. The lowest BCUT2D eigenvalue weighted by Gasteiger charge is -2.26. The van der Waals surface area contributed by atoms with Gasteiger partial charge in [-0.25, -0.2) is 0 Å². The molecule has 0 unspecified atom stereocenters. The summed E-state index contributed by atoms with van der Waals surface area (Å²) in [6.07, 6.45) is 4.48. The molecule has 5 heteroatoms. The van der Waals surface area contributed by atoms with E-state index in [0.717, 1.165) is 73.2 Å². The van der Waals surface area contributed by atoms with Gasteiger partial charge in [-0.05, 0) is 276 Å². The topological polar surface area (TPSA) is 6.48 Å². The Labute approximate surface area is 650 Å². The molecule has 0 fully saturated rings. The molecule has 106 heavy (non-hydrogen) atoms. The maximum absolute atomic E-state index is 3.62. The van der Waals surface area contributed by atoms with Crippen LogP contribution in [0.4, 0.5) is 34.1 Å². The molecule has 0 spiro atoms. The number of fused-ring (bicyclic) bond motifs is 2. The average molecular weight is 1560 g/mol. The first-order chi connectivity index (χ1) is 51.9. The summed E-state index contributed by atoms with van der Waals surface area (Å²) in [5.74, 6) is 0. The molecule has 0 aliphatic heterocycles. The van der Waals surface area contributed by atoms with E-state index in [4.69, 9.17) is 0 Å². The van der Waals surface area contributed by atoms with Crippen LogP contribution in [0.25, 0.3) is 111 Å². The number of benzene rings is 16. The molecule has 0 saturated heterocycles. The van der Waals surface area contributed by atoms with Crippen LogP contribution in [0.15, 0.2) is 365 Å². The second-order valence-electron chi connectivity index (χ2n) is 27.6. The fourth-order valence-electron chi connectivity index (χ4n) is 14.8. The second kappa shape index (κ2) is 32.2. The van der Waals surface area contributed by atoms with Crippen LogP contribution < -0.4 is 9.80 Å². The third-order valence-corrected chi connectivity index (χ3v) is 21.9. The molecular weight excluding hydrogens is 1480 g/mol. The van der Waals surface area contributed by atoms with Crippen molar-refractivity contribution in [2.75, 3.05) is 9.80 Å². The zero-order valence-corrected chi connectivity index (χ0v) is 65.1. The summed E-state index contributed by atoms with van der Waals surface area (Å²) in [7, 11) is 0. The summed E-state index contributed by atoms with van der Waals surface area (Å²) < 4.78 is 3.26. The first-order valence-corrected chi connectivity index (χ1v) is 39.1. The van der Waals surface area contributed by atoms with Gasteiger partial charge in [0.05, 0.1) is 0 Å². The van der Waals surface area contributed by atoms with E-state index < -0.39 is 0 Å². The zero-order valence-electron chi connectivity index (χ0n) is 60.3. The molecule has 0 atom stereocenters. The SMILES string of the molecule is CCCc1ccc(-c2ccc(N(c3ccc(-c4ccc(Br)cc4)cc3)c3ccc(-c4cc(C)c(-c5c(C)cc(-c6ccc(N(c7ccc(-c8ccc(Br)cc8)cc7)c7ccc(-c8ccc(CCC)cc8)cc7)cc6)c6ccccc56)c5ccccc45)cc3)cc2)cc1.Cc1ccc(-c2ccc(Br)cc2)cc1. The maximum atomic E-state index is 3.62. The van der Waals surface area contributed by atoms with Gasteiger partial charge >= 0.3 is 0 Å². The highest BCUT2D eigenvalue weighted by molar-refractivity contribution is 9.11. The molecule has 16 rings (SSSR count). The van der Waals surface area contributed by atoms with Gasteiger partial charge in [-0.2, -0.15) is 0 Å². The third kappa shape index (κ3) is 15.6. The second-order valence-corrected chi connectivity index (χ2v) is 30.3. The van der Waals surface area contributed by atoms with Crippen molar-refractivity contribution in [2.24, 2.45) is 0 Å². The van der Waals surface area contributed by atoms with Crippen molar-refractivity contribution in [3.05, 3.63) is 393 Å². The minimum Gasteiger partial charge on any atom is -0.311 e. The van der Waals surface area contributed by atoms with Crippen molar-refractivity contribution >= 4 is 103 Å². The van der Waals surface area contributed by atoms with Gasteiger partial charge < -0.3 is 9.80 Å². The number of nitrogens with zero attached hydrogens (tertiary/aromatic N) is 2. The van der Waals surface area contributed by atoms with E-state index in [2.05, 4.69) is 444 Å². The van der Waals surface area contributed by atoms with Gasteiger partial charge in [-0.1, -0.05) is 323 Å². The van der Waals surface area contributed by atoms with Crippen molar-refractivity contribution in [1.29, 1.82) is 0 Å². The Hall–Kier alpha value is -10.9. The minimum atomic E-state index is 1.07. The van der Waals surface area contributed by atoms with E-state index in [9.17, 15) is 0 Å². The van der Waals surface area contributed by atoms with Gasteiger partial charge in [0.1, 0.15) is 0 Å². The summed E-state index contributed by atoms with van der Waals surface area (Å²) in [6, 6.07) is 129. The normalized spacial score (nSPS) is 11.2. The van der Waals surface area contributed by atoms with Crippen LogP contribution in [-0.2, 0) is 12.8 Å². The number of hydrogen-bond donors (Lipinski definition) is 0. The highest BCUT2D eigenvalue weighted by atomic mass is 79.9. The predicted octanol–water partition coefficient (Wildman–Crippen LogP) is 31.1. The van der Waals surface area contributed by atoms with Gasteiger partial charge in [-0.3, -0.25) is 0 Å². The van der Waals surface area contributed by atoms with Crippen LogP contribution in [0.3, 0.4) is 0 Å². The standard InChI is InChI=1S/C88H70Br2N2.C13H11Br/c1-5-11-61-17-21-63(22-18-61)67-29-45-75(46-30-67)91(77-49-33-69(34-50-77)65-25-41-73(89)42-26-65)79-53-37-71(38-54-79)85-57-59(3)87(83-15-9-7-13-81(83)85)88-60(4)58-86(82-14-8-10-16-84(82)88)72-39-55-80(56-40-72)92(78-51-35-70(36-52-78)66-27-43-74(90)44-28-66)76-47-31-68(32-48-76)64-23-19-62(12-6-2)20-24-64;1-10-2-4-11(5-3-10)12-6-8-13(14)9-7-12/h7-10,13-58H,5-6,11-12H2,1-4H3;2-9H,1H3. The monoisotopic (exact) mass is 1560 g/mol. The van der Waals surface area contributed by atoms with Gasteiger partial charge in [0.2, 0.25) is 0 Å². The molecule has 0 heterocycles. The van der Waals surface area contributed by atoms with Gasteiger partial charge in [0.25, 0.3) is 0 Å². The Bertz CT molecular complexity index is 5320. The van der Waals surface area contributed by atoms with Gasteiger partial charge in [0.15, 0.2) is 0 Å². The molecule has 0 aromatic heterocycles. The number of aryl methyl sites for hydroxylation is 5. The Morgan fingerprint density at radius 2 is 0.434 bits per heavy atom. The third-order valence-electron chi connectivity index (χ3n) is 20.3.